The van der Waals surface area contributed by atoms with E-state index in [1.165, 1.54) is 0 Å². The third-order valence-corrected chi connectivity index (χ3v) is 3.83. The first-order chi connectivity index (χ1) is 10.2. The Labute approximate surface area is 125 Å². The van der Waals surface area contributed by atoms with E-state index < -0.39 is 5.97 Å². The predicted molar refractivity (Wildman–Crippen MR) is 81.7 cm³/mol. The highest BCUT2D eigenvalue weighted by atomic mass is 16.4. The van der Waals surface area contributed by atoms with Crippen LogP contribution in [0.2, 0.25) is 0 Å². The van der Waals surface area contributed by atoms with E-state index in [0.717, 1.165) is 31.2 Å². The number of hydrogen-bond acceptors (Lipinski definition) is 2. The number of nitrogens with zero attached hydrogens (tertiary/aromatic N) is 1. The minimum Gasteiger partial charge on any atom is -0.481 e. The molecule has 2 rings (SSSR count). The maximum absolute atomic E-state index is 12.4. The number of rotatable bonds is 6. The Morgan fingerprint density at radius 3 is 2.48 bits per heavy atom. The highest BCUT2D eigenvalue weighted by Gasteiger charge is 2.25. The topological polar surface area (TPSA) is 57.6 Å². The molecule has 4 nitrogen and oxygen atoms in total. The molecule has 112 valence electrons. The van der Waals surface area contributed by atoms with Gasteiger partial charge >= 0.3 is 5.97 Å². The monoisotopic (exact) mass is 287 g/mol. The first-order valence-corrected chi connectivity index (χ1v) is 7.42. The Balaban J connectivity index is 2.02. The molecule has 0 spiro atoms. The maximum Gasteiger partial charge on any atom is 0.305 e. The average molecular weight is 287 g/mol. The Kier molecular flexibility index (Phi) is 5.55. The molecule has 0 radical (unpaired) electrons. The standard InChI is InChI=1S/C17H21NO3/c19-16(11-10-14-6-2-1-3-7-14)18(13-12-17(20)21)15-8-4-5-9-15/h1-3,6-7,10-11,15H,4-5,8-9,12-13H2,(H,20,21)/b11-10+. The molecule has 0 aliphatic heterocycles. The van der Waals surface area contributed by atoms with Crippen LogP contribution in [0.5, 0.6) is 0 Å². The summed E-state index contributed by atoms with van der Waals surface area (Å²) in [6.07, 6.45) is 7.52. The Morgan fingerprint density at radius 1 is 1.19 bits per heavy atom. The molecule has 0 unspecified atom stereocenters. The minimum atomic E-state index is -0.863. The summed E-state index contributed by atoms with van der Waals surface area (Å²) in [4.78, 5) is 24.8. The Morgan fingerprint density at radius 2 is 1.86 bits per heavy atom. The normalized spacial score (nSPS) is 15.4. The maximum atomic E-state index is 12.4. The van der Waals surface area contributed by atoms with E-state index in [2.05, 4.69) is 0 Å². The van der Waals surface area contributed by atoms with E-state index >= 15 is 0 Å². The van der Waals surface area contributed by atoms with Gasteiger partial charge < -0.3 is 10.0 Å². The summed E-state index contributed by atoms with van der Waals surface area (Å²) in [5.41, 5.74) is 0.968. The van der Waals surface area contributed by atoms with Crippen LogP contribution in [-0.4, -0.2) is 34.5 Å². The van der Waals surface area contributed by atoms with Crippen LogP contribution < -0.4 is 0 Å². The van der Waals surface area contributed by atoms with Crippen molar-refractivity contribution in [3.63, 3.8) is 0 Å². The highest BCUT2D eigenvalue weighted by Crippen LogP contribution is 2.24. The number of carbonyl (C=O) groups is 2. The number of amides is 1. The first kappa shape index (κ1) is 15.3. The van der Waals surface area contributed by atoms with Crippen LogP contribution in [0.15, 0.2) is 36.4 Å². The SMILES string of the molecule is O=C(O)CCN(C(=O)/C=C/c1ccccc1)C1CCCC1. The van der Waals surface area contributed by atoms with Crippen LogP contribution in [0.25, 0.3) is 6.08 Å². The molecule has 1 aromatic carbocycles. The molecule has 1 aliphatic rings. The minimum absolute atomic E-state index is 0.00141. The number of carboxylic acid groups (broad SMARTS) is 1. The molecular formula is C17H21NO3. The first-order valence-electron chi connectivity index (χ1n) is 7.42. The van der Waals surface area contributed by atoms with Gasteiger partial charge in [0.25, 0.3) is 0 Å². The van der Waals surface area contributed by atoms with Crippen molar-refractivity contribution in [3.05, 3.63) is 42.0 Å². The van der Waals surface area contributed by atoms with Crippen LogP contribution in [-0.2, 0) is 9.59 Å². The van der Waals surface area contributed by atoms with Crippen molar-refractivity contribution in [2.24, 2.45) is 0 Å². The van der Waals surface area contributed by atoms with E-state index in [4.69, 9.17) is 5.11 Å². The molecule has 1 aliphatic carbocycles. The Hall–Kier alpha value is -2.10. The van der Waals surface area contributed by atoms with Gasteiger partial charge in [0.2, 0.25) is 5.91 Å². The number of carbonyl (C=O) groups excluding carboxylic acids is 1. The predicted octanol–water partition coefficient (Wildman–Crippen LogP) is 2.95. The smallest absolute Gasteiger partial charge is 0.305 e. The summed E-state index contributed by atoms with van der Waals surface area (Å²) >= 11 is 0. The van der Waals surface area contributed by atoms with Crippen LogP contribution in [0, 0.1) is 0 Å². The molecule has 1 N–H and O–H groups in total. The zero-order valence-electron chi connectivity index (χ0n) is 12.1. The zero-order valence-corrected chi connectivity index (χ0v) is 12.1. The van der Waals surface area contributed by atoms with Crippen LogP contribution in [0.1, 0.15) is 37.7 Å². The van der Waals surface area contributed by atoms with Crippen molar-refractivity contribution in [1.82, 2.24) is 4.90 Å². The van der Waals surface area contributed by atoms with Gasteiger partial charge in [-0.15, -0.1) is 0 Å². The second-order valence-corrected chi connectivity index (χ2v) is 5.36. The second kappa shape index (κ2) is 7.62. The van der Waals surface area contributed by atoms with Gasteiger partial charge in [0.05, 0.1) is 6.42 Å². The Bertz CT molecular complexity index is 504. The van der Waals surface area contributed by atoms with Crippen LogP contribution in [0.3, 0.4) is 0 Å². The fourth-order valence-electron chi connectivity index (χ4n) is 2.73. The van der Waals surface area contributed by atoms with Crippen molar-refractivity contribution in [2.75, 3.05) is 6.54 Å². The number of carboxylic acids is 1. The van der Waals surface area contributed by atoms with Gasteiger partial charge in [0.15, 0.2) is 0 Å². The lowest BCUT2D eigenvalue weighted by Crippen LogP contribution is -2.39. The lowest BCUT2D eigenvalue weighted by Gasteiger charge is -2.27. The zero-order chi connectivity index (χ0) is 15.1. The molecule has 0 saturated heterocycles. The summed E-state index contributed by atoms with van der Waals surface area (Å²) in [7, 11) is 0. The number of aliphatic carboxylic acids is 1. The van der Waals surface area contributed by atoms with Gasteiger partial charge in [-0.25, -0.2) is 0 Å². The molecule has 1 fully saturated rings. The number of hydrogen-bond donors (Lipinski definition) is 1. The molecule has 4 heteroatoms. The number of benzene rings is 1. The van der Waals surface area contributed by atoms with Crippen molar-refractivity contribution in [2.45, 2.75) is 38.1 Å². The second-order valence-electron chi connectivity index (χ2n) is 5.36. The van der Waals surface area contributed by atoms with Gasteiger partial charge in [-0.05, 0) is 24.5 Å². The molecule has 0 atom stereocenters. The molecule has 1 aromatic rings. The molecular weight excluding hydrogens is 266 g/mol. The van der Waals surface area contributed by atoms with Crippen molar-refractivity contribution < 1.29 is 14.7 Å². The molecule has 1 amide bonds. The van der Waals surface area contributed by atoms with Gasteiger partial charge in [-0.3, -0.25) is 9.59 Å². The molecule has 0 bridgehead atoms. The van der Waals surface area contributed by atoms with Gasteiger partial charge in [0.1, 0.15) is 0 Å². The third-order valence-electron chi connectivity index (χ3n) is 3.83. The van der Waals surface area contributed by atoms with E-state index in [-0.39, 0.29) is 24.9 Å². The fourth-order valence-corrected chi connectivity index (χ4v) is 2.73. The molecule has 0 aromatic heterocycles. The van der Waals surface area contributed by atoms with Crippen LogP contribution >= 0.6 is 0 Å². The van der Waals surface area contributed by atoms with Gasteiger partial charge in [-0.2, -0.15) is 0 Å². The summed E-state index contributed by atoms with van der Waals surface area (Å²) in [6, 6.07) is 9.82. The third kappa shape index (κ3) is 4.74. The lowest BCUT2D eigenvalue weighted by molar-refractivity contribution is -0.138. The molecule has 21 heavy (non-hydrogen) atoms. The van der Waals surface area contributed by atoms with E-state index in [0.29, 0.717) is 0 Å². The van der Waals surface area contributed by atoms with Crippen molar-refractivity contribution in [1.29, 1.82) is 0 Å². The molecule has 1 saturated carbocycles. The quantitative estimate of drug-likeness (QED) is 0.818. The largest absolute Gasteiger partial charge is 0.481 e. The van der Waals surface area contributed by atoms with Crippen molar-refractivity contribution in [3.8, 4) is 0 Å². The highest BCUT2D eigenvalue weighted by molar-refractivity contribution is 5.92. The van der Waals surface area contributed by atoms with E-state index in [1.807, 2.05) is 30.3 Å². The molecule has 0 heterocycles. The van der Waals surface area contributed by atoms with Gasteiger partial charge in [0, 0.05) is 18.7 Å². The summed E-state index contributed by atoms with van der Waals surface area (Å²) in [5, 5.41) is 8.84. The lowest BCUT2D eigenvalue weighted by atomic mass is 10.1. The summed E-state index contributed by atoms with van der Waals surface area (Å²) < 4.78 is 0. The summed E-state index contributed by atoms with van der Waals surface area (Å²) in [6.45, 7) is 0.290. The van der Waals surface area contributed by atoms with Gasteiger partial charge in [-0.1, -0.05) is 43.2 Å². The van der Waals surface area contributed by atoms with E-state index in [1.54, 1.807) is 17.1 Å². The average Bonchev–Trinajstić information content (AvgIpc) is 3.00. The van der Waals surface area contributed by atoms with Crippen molar-refractivity contribution >= 4 is 18.0 Å². The fraction of sp³-hybridized carbons (Fsp3) is 0.412. The summed E-state index contributed by atoms with van der Waals surface area (Å²) in [5.74, 6) is -0.954. The van der Waals surface area contributed by atoms with Crippen LogP contribution in [0.4, 0.5) is 0 Å². The van der Waals surface area contributed by atoms with E-state index in [9.17, 15) is 9.59 Å².